The van der Waals surface area contributed by atoms with Gasteiger partial charge in [0.1, 0.15) is 17.5 Å². The van der Waals surface area contributed by atoms with Crippen molar-refractivity contribution in [3.8, 4) is 0 Å². The number of anilines is 3. The molecule has 104 valence electrons. The van der Waals surface area contributed by atoms with Gasteiger partial charge < -0.3 is 10.6 Å². The molecule has 0 aliphatic rings. The van der Waals surface area contributed by atoms with E-state index in [4.69, 9.17) is 0 Å². The Morgan fingerprint density at radius 3 is 2.65 bits per heavy atom. The van der Waals surface area contributed by atoms with Crippen LogP contribution in [0.25, 0.3) is 0 Å². The summed E-state index contributed by atoms with van der Waals surface area (Å²) in [6.45, 7) is 10.5. The summed E-state index contributed by atoms with van der Waals surface area (Å²) < 4.78 is 0. The summed E-state index contributed by atoms with van der Waals surface area (Å²) in [5, 5.41) is 6.53. The average Bonchev–Trinajstić information content (AvgIpc) is 2.41. The molecular formula is C16H20N4. The number of nitrogens with one attached hydrogen (secondary N) is 2. The summed E-state index contributed by atoms with van der Waals surface area (Å²) in [5.74, 6) is 2.31. The van der Waals surface area contributed by atoms with Crippen molar-refractivity contribution in [2.24, 2.45) is 0 Å². The molecule has 4 nitrogen and oxygen atoms in total. The van der Waals surface area contributed by atoms with E-state index in [-0.39, 0.29) is 0 Å². The van der Waals surface area contributed by atoms with E-state index in [2.05, 4.69) is 53.2 Å². The van der Waals surface area contributed by atoms with Crippen LogP contribution in [-0.2, 0) is 0 Å². The molecule has 0 fully saturated rings. The van der Waals surface area contributed by atoms with Crippen LogP contribution in [0.3, 0.4) is 0 Å². The van der Waals surface area contributed by atoms with Crippen LogP contribution in [0.2, 0.25) is 0 Å². The Balaban J connectivity index is 2.26. The lowest BCUT2D eigenvalue weighted by molar-refractivity contribution is 1.05. The molecule has 0 radical (unpaired) electrons. The molecule has 0 unspecified atom stereocenters. The Morgan fingerprint density at radius 2 is 1.90 bits per heavy atom. The number of aryl methyl sites for hydroxylation is 2. The van der Waals surface area contributed by atoms with Gasteiger partial charge in [-0.25, -0.2) is 9.97 Å². The van der Waals surface area contributed by atoms with Crippen molar-refractivity contribution in [2.75, 3.05) is 17.2 Å². The third-order valence-electron chi connectivity index (χ3n) is 3.13. The smallest absolute Gasteiger partial charge is 0.136 e. The normalized spacial score (nSPS) is 10.2. The third-order valence-corrected chi connectivity index (χ3v) is 3.13. The number of hydrogen-bond donors (Lipinski definition) is 2. The van der Waals surface area contributed by atoms with E-state index in [0.717, 1.165) is 23.1 Å². The Labute approximate surface area is 120 Å². The number of nitrogens with zero attached hydrogens (tertiary/aromatic N) is 2. The maximum Gasteiger partial charge on any atom is 0.136 e. The fourth-order valence-corrected chi connectivity index (χ4v) is 1.92. The van der Waals surface area contributed by atoms with Crippen molar-refractivity contribution in [1.82, 2.24) is 9.97 Å². The van der Waals surface area contributed by atoms with Gasteiger partial charge in [0.25, 0.3) is 0 Å². The van der Waals surface area contributed by atoms with Crippen molar-refractivity contribution in [3.63, 3.8) is 0 Å². The van der Waals surface area contributed by atoms with E-state index in [1.54, 1.807) is 6.08 Å². The summed E-state index contributed by atoms with van der Waals surface area (Å²) in [6, 6.07) is 8.09. The van der Waals surface area contributed by atoms with E-state index in [1.807, 2.05) is 19.1 Å². The largest absolute Gasteiger partial charge is 0.366 e. The molecule has 0 aliphatic heterocycles. The second-order valence-corrected chi connectivity index (χ2v) is 4.73. The highest BCUT2D eigenvalue weighted by Gasteiger charge is 2.04. The molecule has 1 aromatic carbocycles. The van der Waals surface area contributed by atoms with Crippen LogP contribution in [0.15, 0.2) is 36.9 Å². The summed E-state index contributed by atoms with van der Waals surface area (Å²) >= 11 is 0. The van der Waals surface area contributed by atoms with Crippen LogP contribution in [0.5, 0.6) is 0 Å². The van der Waals surface area contributed by atoms with Crippen molar-refractivity contribution >= 4 is 17.3 Å². The SMILES string of the molecule is C=CCNc1cc(Nc2cccc(C)c2C)nc(C)n1. The first kappa shape index (κ1) is 14.1. The lowest BCUT2D eigenvalue weighted by Gasteiger charge is -2.12. The van der Waals surface area contributed by atoms with Crippen molar-refractivity contribution in [3.05, 3.63) is 53.9 Å². The number of benzene rings is 1. The molecule has 0 bridgehead atoms. The lowest BCUT2D eigenvalue weighted by Crippen LogP contribution is -2.05. The fraction of sp³-hybridized carbons (Fsp3) is 0.250. The van der Waals surface area contributed by atoms with Crippen LogP contribution < -0.4 is 10.6 Å². The zero-order valence-electron chi connectivity index (χ0n) is 12.2. The van der Waals surface area contributed by atoms with Crippen LogP contribution >= 0.6 is 0 Å². The van der Waals surface area contributed by atoms with Gasteiger partial charge in [0, 0.05) is 18.3 Å². The summed E-state index contributed by atoms with van der Waals surface area (Å²) in [4.78, 5) is 8.76. The molecule has 0 aliphatic carbocycles. The minimum atomic E-state index is 0.680. The number of rotatable bonds is 5. The molecule has 2 rings (SSSR count). The summed E-state index contributed by atoms with van der Waals surface area (Å²) in [5.41, 5.74) is 3.55. The van der Waals surface area contributed by atoms with Gasteiger partial charge in [0.05, 0.1) is 0 Å². The predicted molar refractivity (Wildman–Crippen MR) is 84.7 cm³/mol. The van der Waals surface area contributed by atoms with Crippen LogP contribution in [0, 0.1) is 20.8 Å². The second-order valence-electron chi connectivity index (χ2n) is 4.73. The first-order valence-electron chi connectivity index (χ1n) is 6.64. The third kappa shape index (κ3) is 3.35. The first-order valence-corrected chi connectivity index (χ1v) is 6.64. The minimum Gasteiger partial charge on any atom is -0.366 e. The van der Waals surface area contributed by atoms with Crippen LogP contribution in [0.4, 0.5) is 17.3 Å². The first-order chi connectivity index (χ1) is 9.60. The summed E-state index contributed by atoms with van der Waals surface area (Å²) in [6.07, 6.45) is 1.80. The molecule has 0 amide bonds. The molecule has 0 atom stereocenters. The maximum absolute atomic E-state index is 4.42. The van der Waals surface area contributed by atoms with Gasteiger partial charge in [-0.3, -0.25) is 0 Å². The van der Waals surface area contributed by atoms with Crippen molar-refractivity contribution < 1.29 is 0 Å². The van der Waals surface area contributed by atoms with Gasteiger partial charge in [-0.1, -0.05) is 18.2 Å². The molecule has 4 heteroatoms. The zero-order valence-corrected chi connectivity index (χ0v) is 12.2. The highest BCUT2D eigenvalue weighted by atomic mass is 15.1. The van der Waals surface area contributed by atoms with E-state index in [9.17, 15) is 0 Å². The Bertz CT molecular complexity index is 620. The second kappa shape index (κ2) is 6.19. The monoisotopic (exact) mass is 268 g/mol. The Kier molecular flexibility index (Phi) is 4.35. The van der Waals surface area contributed by atoms with E-state index < -0.39 is 0 Å². The molecule has 1 heterocycles. The Hall–Kier alpha value is -2.36. The van der Waals surface area contributed by atoms with E-state index >= 15 is 0 Å². The molecule has 2 N–H and O–H groups in total. The van der Waals surface area contributed by atoms with Crippen LogP contribution in [-0.4, -0.2) is 16.5 Å². The lowest BCUT2D eigenvalue weighted by atomic mass is 10.1. The van der Waals surface area contributed by atoms with Gasteiger partial charge in [-0.15, -0.1) is 6.58 Å². The van der Waals surface area contributed by atoms with Gasteiger partial charge >= 0.3 is 0 Å². The average molecular weight is 268 g/mol. The standard InChI is InChI=1S/C16H20N4/c1-5-9-17-15-10-16(19-13(4)18-15)20-14-8-6-7-11(2)12(14)3/h5-8,10H,1,9H2,2-4H3,(H2,17,18,19,20). The maximum atomic E-state index is 4.42. The van der Waals surface area contributed by atoms with Gasteiger partial charge in [0.2, 0.25) is 0 Å². The highest BCUT2D eigenvalue weighted by Crippen LogP contribution is 2.22. The van der Waals surface area contributed by atoms with E-state index in [0.29, 0.717) is 6.54 Å². The number of aromatic nitrogens is 2. The molecule has 20 heavy (non-hydrogen) atoms. The zero-order chi connectivity index (χ0) is 14.5. The van der Waals surface area contributed by atoms with Gasteiger partial charge in [-0.2, -0.15) is 0 Å². The molecular weight excluding hydrogens is 248 g/mol. The van der Waals surface area contributed by atoms with Gasteiger partial charge in [0.15, 0.2) is 0 Å². The van der Waals surface area contributed by atoms with Crippen molar-refractivity contribution in [2.45, 2.75) is 20.8 Å². The molecule has 1 aromatic heterocycles. The van der Waals surface area contributed by atoms with Crippen LogP contribution in [0.1, 0.15) is 17.0 Å². The molecule has 0 saturated carbocycles. The van der Waals surface area contributed by atoms with Gasteiger partial charge in [-0.05, 0) is 38.0 Å². The van der Waals surface area contributed by atoms with E-state index in [1.165, 1.54) is 11.1 Å². The Morgan fingerprint density at radius 1 is 1.15 bits per heavy atom. The molecule has 2 aromatic rings. The highest BCUT2D eigenvalue weighted by molar-refractivity contribution is 5.63. The summed E-state index contributed by atoms with van der Waals surface area (Å²) in [7, 11) is 0. The fourth-order valence-electron chi connectivity index (χ4n) is 1.92. The quantitative estimate of drug-likeness (QED) is 0.811. The topological polar surface area (TPSA) is 49.8 Å². The molecule has 0 saturated heterocycles. The predicted octanol–water partition coefficient (Wildman–Crippen LogP) is 3.74. The number of hydrogen-bond acceptors (Lipinski definition) is 4. The minimum absolute atomic E-state index is 0.680. The van der Waals surface area contributed by atoms with Crippen molar-refractivity contribution in [1.29, 1.82) is 0 Å². The molecule has 0 spiro atoms.